The molecule has 0 aromatic heterocycles. The molecule has 23 heavy (non-hydrogen) atoms. The van der Waals surface area contributed by atoms with E-state index < -0.39 is 18.1 Å². The summed E-state index contributed by atoms with van der Waals surface area (Å²) in [5.41, 5.74) is 0.848. The lowest BCUT2D eigenvalue weighted by Gasteiger charge is -2.17. The number of rotatable bonds is 5. The zero-order valence-corrected chi connectivity index (χ0v) is 13.1. The van der Waals surface area contributed by atoms with Crippen LogP contribution >= 0.6 is 11.6 Å². The molecule has 0 radical (unpaired) electrons. The highest BCUT2D eigenvalue weighted by Crippen LogP contribution is 2.24. The van der Waals surface area contributed by atoms with Crippen molar-refractivity contribution in [3.8, 4) is 11.8 Å². The smallest absolute Gasteiger partial charge is 0.254 e. The minimum absolute atomic E-state index is 0.371. The lowest BCUT2D eigenvalue weighted by Crippen LogP contribution is -2.32. The molecule has 0 heterocycles. The molecule has 2 unspecified atom stereocenters. The number of methoxy groups -OCH3 is 1. The van der Waals surface area contributed by atoms with E-state index in [0.717, 1.165) is 0 Å². The summed E-state index contributed by atoms with van der Waals surface area (Å²) in [6.07, 6.45) is -1.41. The highest BCUT2D eigenvalue weighted by molar-refractivity contribution is 6.31. The van der Waals surface area contributed by atoms with Gasteiger partial charge in [-0.25, -0.2) is 0 Å². The Morgan fingerprint density at radius 1 is 1.30 bits per heavy atom. The average molecular weight is 331 g/mol. The Labute approximate surface area is 139 Å². The van der Waals surface area contributed by atoms with Crippen LogP contribution in [0.4, 0.5) is 0 Å². The van der Waals surface area contributed by atoms with Crippen LogP contribution < -0.4 is 10.1 Å². The first-order valence-electron chi connectivity index (χ1n) is 6.83. The Kier molecular flexibility index (Phi) is 5.58. The van der Waals surface area contributed by atoms with Crippen molar-refractivity contribution in [3.63, 3.8) is 0 Å². The van der Waals surface area contributed by atoms with Crippen LogP contribution in [0.3, 0.4) is 0 Å². The third-order valence-corrected chi connectivity index (χ3v) is 3.63. The van der Waals surface area contributed by atoms with Gasteiger partial charge in [-0.1, -0.05) is 41.9 Å². The second-order valence-corrected chi connectivity index (χ2v) is 5.18. The highest BCUT2D eigenvalue weighted by atomic mass is 35.5. The molecule has 0 saturated carbocycles. The van der Waals surface area contributed by atoms with Crippen LogP contribution in [0.2, 0.25) is 5.02 Å². The van der Waals surface area contributed by atoms with Crippen LogP contribution in [-0.4, -0.2) is 18.1 Å². The van der Waals surface area contributed by atoms with Gasteiger partial charge in [0.1, 0.15) is 11.8 Å². The van der Waals surface area contributed by atoms with Gasteiger partial charge in [-0.2, -0.15) is 5.26 Å². The fourth-order valence-corrected chi connectivity index (χ4v) is 2.32. The maximum absolute atomic E-state index is 12.2. The molecule has 6 heteroatoms. The number of amides is 1. The maximum Gasteiger partial charge on any atom is 0.254 e. The van der Waals surface area contributed by atoms with Gasteiger partial charge in [0, 0.05) is 10.6 Å². The Morgan fingerprint density at radius 3 is 2.70 bits per heavy atom. The number of nitriles is 1. The van der Waals surface area contributed by atoms with E-state index in [1.807, 2.05) is 6.07 Å². The Bertz CT molecular complexity index is 743. The number of hydrogen-bond acceptors (Lipinski definition) is 4. The van der Waals surface area contributed by atoms with Crippen molar-refractivity contribution >= 4 is 17.5 Å². The number of ether oxygens (including phenoxy) is 1. The van der Waals surface area contributed by atoms with E-state index in [1.165, 1.54) is 7.11 Å². The molecule has 0 aliphatic rings. The van der Waals surface area contributed by atoms with Crippen molar-refractivity contribution in [1.82, 2.24) is 5.32 Å². The molecule has 0 spiro atoms. The number of aliphatic hydroxyl groups is 1. The van der Waals surface area contributed by atoms with Crippen molar-refractivity contribution in [2.24, 2.45) is 0 Å². The summed E-state index contributed by atoms with van der Waals surface area (Å²) in [5, 5.41) is 22.3. The van der Waals surface area contributed by atoms with Gasteiger partial charge in [0.15, 0.2) is 6.10 Å². The van der Waals surface area contributed by atoms with Crippen LogP contribution in [0.5, 0.6) is 5.75 Å². The first-order chi connectivity index (χ1) is 11.1. The van der Waals surface area contributed by atoms with Crippen molar-refractivity contribution < 1.29 is 14.6 Å². The van der Waals surface area contributed by atoms with E-state index in [9.17, 15) is 15.2 Å². The molecule has 2 aromatic carbocycles. The van der Waals surface area contributed by atoms with Crippen LogP contribution in [0.1, 0.15) is 23.3 Å². The molecule has 2 atom stereocenters. The number of carbonyl (C=O) groups excluding carboxylic acids is 1. The lowest BCUT2D eigenvalue weighted by atomic mass is 10.1. The number of hydrogen-bond donors (Lipinski definition) is 2. The topological polar surface area (TPSA) is 82.3 Å². The van der Waals surface area contributed by atoms with E-state index >= 15 is 0 Å². The molecule has 2 aromatic rings. The minimum Gasteiger partial charge on any atom is -0.497 e. The van der Waals surface area contributed by atoms with Gasteiger partial charge < -0.3 is 15.2 Å². The van der Waals surface area contributed by atoms with Crippen molar-refractivity contribution in [3.05, 3.63) is 64.7 Å². The summed E-state index contributed by atoms with van der Waals surface area (Å²) < 4.78 is 5.06. The normalized spacial score (nSPS) is 12.8. The van der Waals surface area contributed by atoms with E-state index in [1.54, 1.807) is 48.5 Å². The first-order valence-corrected chi connectivity index (χ1v) is 7.21. The average Bonchev–Trinajstić information content (AvgIpc) is 2.59. The highest BCUT2D eigenvalue weighted by Gasteiger charge is 2.23. The fraction of sp³-hybridized carbons (Fsp3) is 0.176. The number of benzene rings is 2. The predicted octanol–water partition coefficient (Wildman–Crippen LogP) is 2.76. The second kappa shape index (κ2) is 7.63. The zero-order valence-electron chi connectivity index (χ0n) is 12.4. The third kappa shape index (κ3) is 4.01. The molecule has 0 aliphatic carbocycles. The second-order valence-electron chi connectivity index (χ2n) is 4.77. The third-order valence-electron chi connectivity index (χ3n) is 3.29. The van der Waals surface area contributed by atoms with Gasteiger partial charge >= 0.3 is 0 Å². The van der Waals surface area contributed by atoms with Gasteiger partial charge in [-0.05, 0) is 23.8 Å². The zero-order chi connectivity index (χ0) is 16.8. The molecule has 1 amide bonds. The van der Waals surface area contributed by atoms with Gasteiger partial charge in [-0.3, -0.25) is 4.79 Å². The minimum atomic E-state index is -1.41. The SMILES string of the molecule is COc1cccc(C(O)C(=O)NC(C#N)c2ccccc2Cl)c1. The number of nitrogens with zero attached hydrogens (tertiary/aromatic N) is 1. The number of nitrogens with one attached hydrogen (secondary N) is 1. The molecule has 5 nitrogen and oxygen atoms in total. The fourth-order valence-electron chi connectivity index (χ4n) is 2.07. The van der Waals surface area contributed by atoms with Crippen molar-refractivity contribution in [2.75, 3.05) is 7.11 Å². The van der Waals surface area contributed by atoms with Gasteiger partial charge in [0.25, 0.3) is 5.91 Å². The van der Waals surface area contributed by atoms with Crippen molar-refractivity contribution in [2.45, 2.75) is 12.1 Å². The number of halogens is 1. The summed E-state index contributed by atoms with van der Waals surface area (Å²) in [7, 11) is 1.49. The van der Waals surface area contributed by atoms with Gasteiger partial charge in [0.05, 0.1) is 13.2 Å². The lowest BCUT2D eigenvalue weighted by molar-refractivity contribution is -0.130. The summed E-state index contributed by atoms with van der Waals surface area (Å²) in [4.78, 5) is 12.2. The van der Waals surface area contributed by atoms with E-state index in [4.69, 9.17) is 16.3 Å². The maximum atomic E-state index is 12.2. The Hall–Kier alpha value is -2.55. The molecule has 2 N–H and O–H groups in total. The van der Waals surface area contributed by atoms with Crippen LogP contribution in [0, 0.1) is 11.3 Å². The van der Waals surface area contributed by atoms with Gasteiger partial charge in [-0.15, -0.1) is 0 Å². The van der Waals surface area contributed by atoms with Crippen LogP contribution in [0.25, 0.3) is 0 Å². The van der Waals surface area contributed by atoms with E-state index in [2.05, 4.69) is 5.32 Å². The molecule has 0 bridgehead atoms. The molecule has 118 valence electrons. The molecule has 0 aliphatic heterocycles. The molecular formula is C17H15ClN2O3. The van der Waals surface area contributed by atoms with E-state index in [-0.39, 0.29) is 0 Å². The van der Waals surface area contributed by atoms with Crippen molar-refractivity contribution in [1.29, 1.82) is 5.26 Å². The summed E-state index contributed by atoms with van der Waals surface area (Å²) in [6.45, 7) is 0. The largest absolute Gasteiger partial charge is 0.497 e. The standard InChI is InChI=1S/C17H15ClN2O3/c1-23-12-6-4-5-11(9-12)16(21)17(22)20-15(10-19)13-7-2-3-8-14(13)18/h2-9,15-16,21H,1H3,(H,20,22). The Morgan fingerprint density at radius 2 is 2.04 bits per heavy atom. The van der Waals surface area contributed by atoms with Crippen LogP contribution in [-0.2, 0) is 4.79 Å². The van der Waals surface area contributed by atoms with Crippen LogP contribution in [0.15, 0.2) is 48.5 Å². The summed E-state index contributed by atoms with van der Waals surface area (Å²) in [5.74, 6) is -0.165. The van der Waals surface area contributed by atoms with E-state index in [0.29, 0.717) is 21.9 Å². The summed E-state index contributed by atoms with van der Waals surface area (Å²) >= 11 is 6.04. The first kappa shape index (κ1) is 16.8. The number of aliphatic hydroxyl groups excluding tert-OH is 1. The quantitative estimate of drug-likeness (QED) is 0.883. The van der Waals surface area contributed by atoms with Gasteiger partial charge in [0.2, 0.25) is 0 Å². The Balaban J connectivity index is 2.16. The number of carbonyl (C=O) groups is 1. The molecule has 0 fully saturated rings. The molecule has 0 saturated heterocycles. The molecule has 2 rings (SSSR count). The summed E-state index contributed by atoms with van der Waals surface area (Å²) in [6, 6.07) is 14.3. The monoisotopic (exact) mass is 330 g/mol. The molecular weight excluding hydrogens is 316 g/mol. The predicted molar refractivity (Wildman–Crippen MR) is 85.9 cm³/mol.